The second-order valence-electron chi connectivity index (χ2n) is 7.21. The molecule has 1 aromatic heterocycles. The van der Waals surface area contributed by atoms with E-state index in [1.807, 2.05) is 56.3 Å². The number of carbonyl (C=O) groups excluding carboxylic acids is 1. The average molecular weight is 423 g/mol. The van der Waals surface area contributed by atoms with Crippen molar-refractivity contribution < 1.29 is 13.2 Å². The number of nitrogens with zero attached hydrogens (tertiary/aromatic N) is 3. The Labute approximate surface area is 176 Å². The van der Waals surface area contributed by atoms with Crippen molar-refractivity contribution in [1.29, 1.82) is 0 Å². The van der Waals surface area contributed by atoms with Crippen molar-refractivity contribution in [2.75, 3.05) is 23.4 Å². The predicted octanol–water partition coefficient (Wildman–Crippen LogP) is 3.44. The molecular formula is C22H22N4O3S. The summed E-state index contributed by atoms with van der Waals surface area (Å²) in [5.41, 5.74) is 3.47. The third kappa shape index (κ3) is 3.79. The van der Waals surface area contributed by atoms with Crippen molar-refractivity contribution in [3.63, 3.8) is 0 Å². The van der Waals surface area contributed by atoms with Gasteiger partial charge in [0.15, 0.2) is 5.82 Å². The van der Waals surface area contributed by atoms with E-state index in [9.17, 15) is 13.2 Å². The number of aromatic nitrogens is 1. The molecule has 8 heteroatoms. The van der Waals surface area contributed by atoms with E-state index in [4.69, 9.17) is 0 Å². The normalized spacial score (nSPS) is 15.5. The summed E-state index contributed by atoms with van der Waals surface area (Å²) in [5.74, 6) is -0.0408. The van der Waals surface area contributed by atoms with Crippen molar-refractivity contribution in [1.82, 2.24) is 9.29 Å². The van der Waals surface area contributed by atoms with Crippen molar-refractivity contribution >= 4 is 33.1 Å². The van der Waals surface area contributed by atoms with Crippen LogP contribution in [0.25, 0.3) is 0 Å². The van der Waals surface area contributed by atoms with Crippen molar-refractivity contribution in [2.45, 2.75) is 18.7 Å². The topological polar surface area (TPSA) is 82.6 Å². The molecule has 0 spiro atoms. The quantitative estimate of drug-likeness (QED) is 0.697. The second-order valence-corrected chi connectivity index (χ2v) is 9.11. The molecule has 2 aromatic carbocycles. The number of hydrogen-bond donors (Lipinski definition) is 1. The van der Waals surface area contributed by atoms with Crippen LogP contribution in [-0.2, 0) is 14.8 Å². The van der Waals surface area contributed by atoms with Crippen molar-refractivity contribution in [2.24, 2.45) is 0 Å². The molecule has 0 aliphatic carbocycles. The maximum absolute atomic E-state index is 13.2. The van der Waals surface area contributed by atoms with Crippen LogP contribution in [0.2, 0.25) is 0 Å². The summed E-state index contributed by atoms with van der Waals surface area (Å²) >= 11 is 0. The number of hydrogen-bond acceptors (Lipinski definition) is 5. The minimum Gasteiger partial charge on any atom is -0.325 e. The van der Waals surface area contributed by atoms with E-state index in [1.165, 1.54) is 10.4 Å². The molecule has 0 bridgehead atoms. The average Bonchev–Trinajstić information content (AvgIpc) is 2.73. The number of rotatable bonds is 4. The summed E-state index contributed by atoms with van der Waals surface area (Å²) in [6, 6.07) is 18.2. The highest BCUT2D eigenvalue weighted by molar-refractivity contribution is 7.89. The third-order valence-corrected chi connectivity index (χ3v) is 6.81. The first-order valence-corrected chi connectivity index (χ1v) is 10.9. The van der Waals surface area contributed by atoms with E-state index in [1.54, 1.807) is 23.2 Å². The molecule has 3 aromatic rings. The minimum atomic E-state index is -3.86. The van der Waals surface area contributed by atoms with Crippen LogP contribution in [0.3, 0.4) is 0 Å². The lowest BCUT2D eigenvalue weighted by molar-refractivity contribution is -0.116. The van der Waals surface area contributed by atoms with Gasteiger partial charge in [0.1, 0.15) is 4.90 Å². The van der Waals surface area contributed by atoms with E-state index in [-0.39, 0.29) is 18.1 Å². The molecular weight excluding hydrogens is 400 g/mol. The highest BCUT2D eigenvalue weighted by Crippen LogP contribution is 2.36. The van der Waals surface area contributed by atoms with Gasteiger partial charge in [-0.3, -0.25) is 4.79 Å². The fraction of sp³-hybridized carbons (Fsp3) is 0.182. The number of fused-ring (bicyclic) bond motifs is 1. The number of nitrogens with one attached hydrogen (secondary N) is 1. The molecule has 154 valence electrons. The summed E-state index contributed by atoms with van der Waals surface area (Å²) in [4.78, 5) is 18.9. The Morgan fingerprint density at radius 3 is 2.50 bits per heavy atom. The highest BCUT2D eigenvalue weighted by atomic mass is 32.2. The molecule has 0 saturated heterocycles. The van der Waals surface area contributed by atoms with Gasteiger partial charge in [0.25, 0.3) is 0 Å². The van der Waals surface area contributed by atoms with Crippen molar-refractivity contribution in [3.05, 3.63) is 78.0 Å². The third-order valence-electron chi connectivity index (χ3n) is 5.01. The van der Waals surface area contributed by atoms with E-state index >= 15 is 0 Å². The molecule has 7 nitrogen and oxygen atoms in total. The molecule has 0 atom stereocenters. The Kier molecular flexibility index (Phi) is 5.27. The van der Waals surface area contributed by atoms with E-state index in [0.29, 0.717) is 11.5 Å². The Hall–Kier alpha value is -3.23. The number of sulfonamides is 1. The monoisotopic (exact) mass is 422 g/mol. The molecule has 1 N–H and O–H groups in total. The Balaban J connectivity index is 1.66. The molecule has 0 fully saturated rings. The summed E-state index contributed by atoms with van der Waals surface area (Å²) in [7, 11) is -3.86. The van der Waals surface area contributed by atoms with Crippen LogP contribution in [0.15, 0.2) is 71.8 Å². The van der Waals surface area contributed by atoms with Gasteiger partial charge in [0.2, 0.25) is 15.9 Å². The van der Waals surface area contributed by atoms with Crippen LogP contribution in [-0.4, -0.2) is 36.8 Å². The van der Waals surface area contributed by atoms with Gasteiger partial charge in [-0.2, -0.15) is 4.31 Å². The second kappa shape index (κ2) is 7.89. The Bertz CT molecular complexity index is 1190. The summed E-state index contributed by atoms with van der Waals surface area (Å²) in [5, 5.41) is 2.80. The molecule has 2 heterocycles. The molecule has 0 saturated carbocycles. The zero-order chi connectivity index (χ0) is 21.3. The Morgan fingerprint density at radius 1 is 1.03 bits per heavy atom. The summed E-state index contributed by atoms with van der Waals surface area (Å²) in [6.07, 6.45) is 1.57. The summed E-state index contributed by atoms with van der Waals surface area (Å²) < 4.78 is 27.5. The van der Waals surface area contributed by atoms with E-state index < -0.39 is 15.9 Å². The maximum Gasteiger partial charge on any atom is 0.248 e. The van der Waals surface area contributed by atoms with Gasteiger partial charge in [-0.15, -0.1) is 0 Å². The lowest BCUT2D eigenvalue weighted by Crippen LogP contribution is -2.47. The van der Waals surface area contributed by atoms with E-state index in [2.05, 4.69) is 10.3 Å². The number of anilines is 3. The Morgan fingerprint density at radius 2 is 1.77 bits per heavy atom. The SMILES string of the molecule is Cc1ccc(N2CN(CC(=O)Nc3ccccc3C)S(=O)(=O)c3cccnc32)cc1. The molecule has 1 aliphatic rings. The number of aryl methyl sites for hydroxylation is 2. The van der Waals surface area contributed by atoms with Crippen LogP contribution < -0.4 is 10.2 Å². The van der Waals surface area contributed by atoms with Gasteiger partial charge in [0.05, 0.1) is 13.2 Å². The maximum atomic E-state index is 13.2. The fourth-order valence-electron chi connectivity index (χ4n) is 3.35. The lowest BCUT2D eigenvalue weighted by atomic mass is 10.2. The van der Waals surface area contributed by atoms with Crippen LogP contribution >= 0.6 is 0 Å². The van der Waals surface area contributed by atoms with Crippen LogP contribution in [0.1, 0.15) is 11.1 Å². The van der Waals surface area contributed by atoms with Gasteiger partial charge < -0.3 is 10.2 Å². The zero-order valence-electron chi connectivity index (χ0n) is 16.7. The largest absolute Gasteiger partial charge is 0.325 e. The van der Waals surface area contributed by atoms with Gasteiger partial charge in [-0.05, 0) is 49.7 Å². The number of amides is 1. The molecule has 4 rings (SSSR count). The molecule has 0 unspecified atom stereocenters. The number of para-hydroxylation sites is 1. The first kappa shape index (κ1) is 20.1. The van der Waals surface area contributed by atoms with Gasteiger partial charge >= 0.3 is 0 Å². The molecule has 0 radical (unpaired) electrons. The van der Waals surface area contributed by atoms with Gasteiger partial charge in [-0.25, -0.2) is 13.4 Å². The zero-order valence-corrected chi connectivity index (χ0v) is 17.6. The van der Waals surface area contributed by atoms with Crippen molar-refractivity contribution in [3.8, 4) is 0 Å². The van der Waals surface area contributed by atoms with E-state index in [0.717, 1.165) is 16.8 Å². The standard InChI is InChI=1S/C22H22N4O3S/c1-16-9-11-18(12-10-16)26-15-25(30(28,29)20-8-5-13-23-22(20)26)14-21(27)24-19-7-4-3-6-17(19)2/h3-13H,14-15H2,1-2H3,(H,24,27). The molecule has 1 amide bonds. The van der Waals surface area contributed by atoms with Crippen LogP contribution in [0.4, 0.5) is 17.2 Å². The van der Waals surface area contributed by atoms with Gasteiger partial charge in [0, 0.05) is 17.6 Å². The number of benzene rings is 2. The first-order chi connectivity index (χ1) is 14.4. The summed E-state index contributed by atoms with van der Waals surface area (Å²) in [6.45, 7) is 3.57. The van der Waals surface area contributed by atoms with Crippen LogP contribution in [0.5, 0.6) is 0 Å². The lowest BCUT2D eigenvalue weighted by Gasteiger charge is -2.36. The smallest absolute Gasteiger partial charge is 0.248 e. The van der Waals surface area contributed by atoms with Gasteiger partial charge in [-0.1, -0.05) is 35.9 Å². The molecule has 30 heavy (non-hydrogen) atoms. The van der Waals surface area contributed by atoms with Crippen LogP contribution in [0, 0.1) is 13.8 Å². The number of carbonyl (C=O) groups is 1. The molecule has 1 aliphatic heterocycles. The minimum absolute atomic E-state index is 0.00337. The highest BCUT2D eigenvalue weighted by Gasteiger charge is 2.37. The number of pyridine rings is 1. The predicted molar refractivity (Wildman–Crippen MR) is 116 cm³/mol. The fourth-order valence-corrected chi connectivity index (χ4v) is 4.83. The first-order valence-electron chi connectivity index (χ1n) is 9.51.